The van der Waals surface area contributed by atoms with Gasteiger partial charge in [-0.3, -0.25) is 4.90 Å². The standard InChI is InChI=1S/C14H17ClFN5/c15-10-8-9(16)4-5-11(10)21-13(18)19-12(17)20-14(21)6-2-1-3-7-14/h4-5,8H,1-3,6-7H2,(H4,17,18,19,20). The van der Waals surface area contributed by atoms with Crippen molar-refractivity contribution < 1.29 is 4.39 Å². The first-order chi connectivity index (χ1) is 10.0. The van der Waals surface area contributed by atoms with E-state index >= 15 is 0 Å². The number of guanidine groups is 2. The van der Waals surface area contributed by atoms with Crippen LogP contribution in [0.5, 0.6) is 0 Å². The molecule has 21 heavy (non-hydrogen) atoms. The van der Waals surface area contributed by atoms with Gasteiger partial charge in [0.1, 0.15) is 11.5 Å². The van der Waals surface area contributed by atoms with Gasteiger partial charge in [0.05, 0.1) is 10.7 Å². The highest BCUT2D eigenvalue weighted by atomic mass is 35.5. The van der Waals surface area contributed by atoms with Crippen LogP contribution in [-0.4, -0.2) is 17.6 Å². The molecule has 5 nitrogen and oxygen atoms in total. The van der Waals surface area contributed by atoms with E-state index in [0.717, 1.165) is 32.1 Å². The maximum absolute atomic E-state index is 13.3. The van der Waals surface area contributed by atoms with E-state index in [0.29, 0.717) is 5.69 Å². The van der Waals surface area contributed by atoms with Crippen molar-refractivity contribution in [1.29, 1.82) is 0 Å². The lowest BCUT2D eigenvalue weighted by Gasteiger charge is -2.45. The van der Waals surface area contributed by atoms with E-state index in [1.165, 1.54) is 12.1 Å². The molecule has 3 rings (SSSR count). The van der Waals surface area contributed by atoms with Crippen molar-refractivity contribution in [3.8, 4) is 0 Å². The number of nitrogens with zero attached hydrogens (tertiary/aromatic N) is 3. The van der Waals surface area contributed by atoms with Crippen LogP contribution in [0.4, 0.5) is 10.1 Å². The normalized spacial score (nSPS) is 21.1. The molecule has 112 valence electrons. The maximum atomic E-state index is 13.3. The Morgan fingerprint density at radius 2 is 1.90 bits per heavy atom. The summed E-state index contributed by atoms with van der Waals surface area (Å²) in [5.41, 5.74) is 11.9. The second-order valence-corrected chi connectivity index (χ2v) is 5.82. The lowest BCUT2D eigenvalue weighted by molar-refractivity contribution is 0.305. The Morgan fingerprint density at radius 3 is 2.57 bits per heavy atom. The van der Waals surface area contributed by atoms with Gasteiger partial charge in [0, 0.05) is 0 Å². The molecule has 7 heteroatoms. The molecule has 1 aromatic rings. The summed E-state index contributed by atoms with van der Waals surface area (Å²) in [4.78, 5) is 10.4. The van der Waals surface area contributed by atoms with Crippen LogP contribution < -0.4 is 16.4 Å². The number of rotatable bonds is 1. The summed E-state index contributed by atoms with van der Waals surface area (Å²) in [6, 6.07) is 4.22. The minimum absolute atomic E-state index is 0.184. The predicted molar refractivity (Wildman–Crippen MR) is 82.9 cm³/mol. The van der Waals surface area contributed by atoms with Crippen molar-refractivity contribution in [3.05, 3.63) is 29.0 Å². The van der Waals surface area contributed by atoms with Crippen LogP contribution in [0.25, 0.3) is 0 Å². The zero-order valence-corrected chi connectivity index (χ0v) is 12.3. The fraction of sp³-hybridized carbons (Fsp3) is 0.429. The van der Waals surface area contributed by atoms with Crippen LogP contribution >= 0.6 is 11.6 Å². The fourth-order valence-electron chi connectivity index (χ4n) is 3.13. The highest BCUT2D eigenvalue weighted by Gasteiger charge is 2.43. The Kier molecular flexibility index (Phi) is 3.49. The van der Waals surface area contributed by atoms with Gasteiger partial charge < -0.3 is 11.5 Å². The number of hydrogen-bond acceptors (Lipinski definition) is 5. The molecular formula is C14H17ClFN5. The van der Waals surface area contributed by atoms with E-state index < -0.39 is 11.5 Å². The number of hydrogen-bond donors (Lipinski definition) is 2. The molecule has 0 atom stereocenters. The number of nitrogens with two attached hydrogens (primary N) is 2. The van der Waals surface area contributed by atoms with Crippen LogP contribution in [0.3, 0.4) is 0 Å². The summed E-state index contributed by atoms with van der Waals surface area (Å²) in [5, 5.41) is 0.286. The first-order valence-corrected chi connectivity index (χ1v) is 7.34. The third-order valence-corrected chi connectivity index (χ3v) is 4.30. The molecule has 0 radical (unpaired) electrons. The average Bonchev–Trinajstić information content (AvgIpc) is 2.41. The van der Waals surface area contributed by atoms with E-state index in [4.69, 9.17) is 23.1 Å². The predicted octanol–water partition coefficient (Wildman–Crippen LogP) is 2.59. The molecule has 0 bridgehead atoms. The third kappa shape index (κ3) is 2.44. The minimum Gasteiger partial charge on any atom is -0.369 e. The van der Waals surface area contributed by atoms with E-state index in [2.05, 4.69) is 9.98 Å². The van der Waals surface area contributed by atoms with Crippen molar-refractivity contribution in [2.75, 3.05) is 4.90 Å². The van der Waals surface area contributed by atoms with E-state index in [1.807, 2.05) is 0 Å². The molecule has 1 saturated carbocycles. The molecule has 4 N–H and O–H groups in total. The molecule has 0 saturated heterocycles. The van der Waals surface area contributed by atoms with Gasteiger partial charge in [-0.1, -0.05) is 18.0 Å². The van der Waals surface area contributed by atoms with E-state index in [-0.39, 0.29) is 16.9 Å². The second-order valence-electron chi connectivity index (χ2n) is 5.41. The third-order valence-electron chi connectivity index (χ3n) is 4.00. The van der Waals surface area contributed by atoms with Gasteiger partial charge in [-0.15, -0.1) is 0 Å². The SMILES string of the molecule is NC1=NC2(CCCCC2)N(c2ccc(F)cc2Cl)C(N)=N1. The van der Waals surface area contributed by atoms with Gasteiger partial charge >= 0.3 is 0 Å². The second kappa shape index (κ2) is 5.18. The lowest BCUT2D eigenvalue weighted by atomic mass is 9.87. The Bertz CT molecular complexity index is 622. The lowest BCUT2D eigenvalue weighted by Crippen LogP contribution is -2.58. The zero-order valence-electron chi connectivity index (χ0n) is 11.5. The van der Waals surface area contributed by atoms with Crippen molar-refractivity contribution in [2.24, 2.45) is 21.5 Å². The van der Waals surface area contributed by atoms with Crippen molar-refractivity contribution >= 4 is 29.2 Å². The van der Waals surface area contributed by atoms with Crippen molar-refractivity contribution in [2.45, 2.75) is 37.8 Å². The summed E-state index contributed by atoms with van der Waals surface area (Å²) < 4.78 is 13.3. The van der Waals surface area contributed by atoms with Crippen molar-refractivity contribution in [3.63, 3.8) is 0 Å². The number of aliphatic imine (C=N–C) groups is 2. The number of halogens is 2. The van der Waals surface area contributed by atoms with Gasteiger partial charge in [-0.2, -0.15) is 4.99 Å². The average molecular weight is 310 g/mol. The van der Waals surface area contributed by atoms with Crippen LogP contribution in [-0.2, 0) is 0 Å². The molecule has 0 amide bonds. The quantitative estimate of drug-likeness (QED) is 0.836. The monoisotopic (exact) mass is 309 g/mol. The van der Waals surface area contributed by atoms with Crippen molar-refractivity contribution in [1.82, 2.24) is 0 Å². The first-order valence-electron chi connectivity index (χ1n) is 6.97. The number of anilines is 1. The fourth-order valence-corrected chi connectivity index (χ4v) is 3.38. The Balaban J connectivity index is 2.10. The van der Waals surface area contributed by atoms with Gasteiger partial charge in [0.15, 0.2) is 0 Å². The molecule has 1 aliphatic heterocycles. The first kappa shape index (κ1) is 14.1. The summed E-state index contributed by atoms with van der Waals surface area (Å²) in [5.74, 6) is 0.0405. The Hall–Kier alpha value is -1.82. The van der Waals surface area contributed by atoms with Gasteiger partial charge in [0.2, 0.25) is 11.9 Å². The van der Waals surface area contributed by atoms with E-state index in [1.54, 1.807) is 11.0 Å². The smallest absolute Gasteiger partial charge is 0.220 e. The molecule has 0 aromatic heterocycles. The highest BCUT2D eigenvalue weighted by molar-refractivity contribution is 6.34. The van der Waals surface area contributed by atoms with Gasteiger partial charge in [0.25, 0.3) is 0 Å². The molecule has 1 heterocycles. The van der Waals surface area contributed by atoms with Crippen LogP contribution in [0.15, 0.2) is 28.2 Å². The topological polar surface area (TPSA) is 80.0 Å². The molecule has 1 fully saturated rings. The summed E-state index contributed by atoms with van der Waals surface area (Å²) in [7, 11) is 0. The molecule has 1 spiro atoms. The largest absolute Gasteiger partial charge is 0.369 e. The minimum atomic E-state index is -0.560. The van der Waals surface area contributed by atoms with Gasteiger partial charge in [-0.05, 0) is 43.9 Å². The zero-order chi connectivity index (χ0) is 15.0. The summed E-state index contributed by atoms with van der Waals surface area (Å²) >= 11 is 6.20. The molecule has 1 aromatic carbocycles. The van der Waals surface area contributed by atoms with E-state index in [9.17, 15) is 4.39 Å². The Morgan fingerprint density at radius 1 is 1.19 bits per heavy atom. The van der Waals surface area contributed by atoms with Crippen LogP contribution in [0, 0.1) is 5.82 Å². The molecular weight excluding hydrogens is 293 g/mol. The molecule has 1 aliphatic carbocycles. The Labute approximate surface area is 127 Å². The molecule has 2 aliphatic rings. The summed E-state index contributed by atoms with van der Waals surface area (Å²) in [6.07, 6.45) is 4.84. The summed E-state index contributed by atoms with van der Waals surface area (Å²) in [6.45, 7) is 0. The maximum Gasteiger partial charge on any atom is 0.220 e. The van der Waals surface area contributed by atoms with Crippen LogP contribution in [0.1, 0.15) is 32.1 Å². The number of benzene rings is 1. The highest BCUT2D eigenvalue weighted by Crippen LogP contribution is 2.41. The molecule has 0 unspecified atom stereocenters. The van der Waals surface area contributed by atoms with Crippen LogP contribution in [0.2, 0.25) is 5.02 Å². The van der Waals surface area contributed by atoms with Gasteiger partial charge in [-0.25, -0.2) is 9.38 Å².